The first-order valence-electron chi connectivity index (χ1n) is 7.59. The molecule has 1 saturated carbocycles. The topological polar surface area (TPSA) is 34.8 Å². The van der Waals surface area contributed by atoms with Gasteiger partial charge in [0.15, 0.2) is 0 Å². The number of imidazole rings is 1. The van der Waals surface area contributed by atoms with E-state index in [0.717, 1.165) is 13.1 Å². The van der Waals surface area contributed by atoms with Crippen LogP contribution < -0.4 is 5.32 Å². The highest BCUT2D eigenvalue weighted by molar-refractivity contribution is 5.83. The van der Waals surface area contributed by atoms with E-state index in [1.807, 2.05) is 19.6 Å². The van der Waals surface area contributed by atoms with Crippen LogP contribution in [0.1, 0.15) is 30.1 Å². The summed E-state index contributed by atoms with van der Waals surface area (Å²) < 4.78 is 4.68. The Bertz CT molecular complexity index is 764. The van der Waals surface area contributed by atoms with Gasteiger partial charge in [-0.15, -0.1) is 0 Å². The number of rotatable bonds is 5. The molecular formula is C17H20N4. The molecule has 0 unspecified atom stereocenters. The van der Waals surface area contributed by atoms with E-state index in [9.17, 15) is 0 Å². The van der Waals surface area contributed by atoms with Gasteiger partial charge in [-0.25, -0.2) is 4.98 Å². The van der Waals surface area contributed by atoms with E-state index in [1.54, 1.807) is 0 Å². The zero-order chi connectivity index (χ0) is 14.2. The Hall–Kier alpha value is -2.07. The van der Waals surface area contributed by atoms with Gasteiger partial charge < -0.3 is 14.5 Å². The Morgan fingerprint density at radius 3 is 3.00 bits per heavy atom. The van der Waals surface area contributed by atoms with E-state index >= 15 is 0 Å². The lowest BCUT2D eigenvalue weighted by Gasteiger charge is -2.11. The van der Waals surface area contributed by atoms with Crippen LogP contribution in [0, 0.1) is 0 Å². The second kappa shape index (κ2) is 5.04. The van der Waals surface area contributed by atoms with E-state index in [2.05, 4.69) is 49.9 Å². The summed E-state index contributed by atoms with van der Waals surface area (Å²) >= 11 is 0. The monoisotopic (exact) mass is 280 g/mol. The number of nitrogens with one attached hydrogen (secondary N) is 1. The van der Waals surface area contributed by atoms with Crippen LogP contribution in [0.4, 0.5) is 0 Å². The molecule has 1 N–H and O–H groups in total. The maximum absolute atomic E-state index is 4.34. The third-order valence-electron chi connectivity index (χ3n) is 4.26. The normalized spacial score (nSPS) is 14.9. The van der Waals surface area contributed by atoms with Crippen molar-refractivity contribution in [2.45, 2.75) is 32.0 Å². The highest BCUT2D eigenvalue weighted by atomic mass is 15.1. The standard InChI is InChI=1S/C17H20N4/c1-18-9-14-4-2-3-13-7-8-20(17(13)14)11-16-10-19-12-21(16)15-5-6-15/h2-4,7-8,10,12,15,18H,5-6,9,11H2,1H3. The number of benzene rings is 1. The van der Waals surface area contributed by atoms with Crippen molar-refractivity contribution in [2.75, 3.05) is 7.05 Å². The number of aromatic nitrogens is 3. The van der Waals surface area contributed by atoms with Crippen molar-refractivity contribution < 1.29 is 0 Å². The molecule has 21 heavy (non-hydrogen) atoms. The first kappa shape index (κ1) is 12.7. The summed E-state index contributed by atoms with van der Waals surface area (Å²) in [6, 6.07) is 9.40. The summed E-state index contributed by atoms with van der Waals surface area (Å²) in [6.07, 6.45) is 8.76. The van der Waals surface area contributed by atoms with Gasteiger partial charge in [0.05, 0.1) is 24.1 Å². The minimum atomic E-state index is 0.682. The molecule has 4 nitrogen and oxygen atoms in total. The van der Waals surface area contributed by atoms with Crippen LogP contribution in [0.5, 0.6) is 0 Å². The lowest BCUT2D eigenvalue weighted by Crippen LogP contribution is -2.09. The Labute approximate surface area is 124 Å². The fraction of sp³-hybridized carbons (Fsp3) is 0.353. The molecule has 108 valence electrons. The summed E-state index contributed by atoms with van der Waals surface area (Å²) in [4.78, 5) is 4.34. The van der Waals surface area contributed by atoms with E-state index < -0.39 is 0 Å². The van der Waals surface area contributed by atoms with Crippen LogP contribution in [0.3, 0.4) is 0 Å². The van der Waals surface area contributed by atoms with Crippen LogP contribution in [-0.2, 0) is 13.1 Å². The van der Waals surface area contributed by atoms with Gasteiger partial charge in [-0.3, -0.25) is 0 Å². The highest BCUT2D eigenvalue weighted by Crippen LogP contribution is 2.36. The fourth-order valence-corrected chi connectivity index (χ4v) is 3.12. The minimum absolute atomic E-state index is 0.682. The summed E-state index contributed by atoms with van der Waals surface area (Å²) in [5.74, 6) is 0. The quantitative estimate of drug-likeness (QED) is 0.780. The van der Waals surface area contributed by atoms with Crippen LogP contribution in [0.2, 0.25) is 0 Å². The van der Waals surface area contributed by atoms with Crippen molar-refractivity contribution in [1.29, 1.82) is 0 Å². The molecule has 0 spiro atoms. The smallest absolute Gasteiger partial charge is 0.0951 e. The molecule has 0 amide bonds. The second-order valence-electron chi connectivity index (χ2n) is 5.85. The zero-order valence-corrected chi connectivity index (χ0v) is 12.3. The third-order valence-corrected chi connectivity index (χ3v) is 4.26. The number of hydrogen-bond acceptors (Lipinski definition) is 2. The Morgan fingerprint density at radius 1 is 1.29 bits per heavy atom. The van der Waals surface area contributed by atoms with Gasteiger partial charge >= 0.3 is 0 Å². The van der Waals surface area contributed by atoms with E-state index in [-0.39, 0.29) is 0 Å². The van der Waals surface area contributed by atoms with Crippen LogP contribution in [-0.4, -0.2) is 21.2 Å². The molecule has 0 atom stereocenters. The first-order chi connectivity index (χ1) is 10.4. The van der Waals surface area contributed by atoms with Gasteiger partial charge in [-0.05, 0) is 36.9 Å². The van der Waals surface area contributed by atoms with Crippen molar-refractivity contribution >= 4 is 10.9 Å². The molecule has 4 heteroatoms. The Kier molecular flexibility index (Phi) is 3.04. The van der Waals surface area contributed by atoms with Gasteiger partial charge in [-0.2, -0.15) is 0 Å². The third kappa shape index (κ3) is 2.25. The SMILES string of the molecule is CNCc1cccc2ccn(Cc3cncn3C3CC3)c12. The average molecular weight is 280 g/mol. The molecule has 2 aromatic heterocycles. The van der Waals surface area contributed by atoms with Crippen molar-refractivity contribution in [3.05, 3.63) is 54.2 Å². The number of para-hydroxylation sites is 1. The lowest BCUT2D eigenvalue weighted by molar-refractivity contribution is 0.663. The molecule has 1 aliphatic carbocycles. The molecule has 1 aromatic carbocycles. The molecule has 4 rings (SSSR count). The van der Waals surface area contributed by atoms with Crippen molar-refractivity contribution in [1.82, 2.24) is 19.4 Å². The van der Waals surface area contributed by atoms with Crippen molar-refractivity contribution in [3.63, 3.8) is 0 Å². The zero-order valence-electron chi connectivity index (χ0n) is 12.3. The van der Waals surface area contributed by atoms with Gasteiger partial charge in [0.2, 0.25) is 0 Å². The van der Waals surface area contributed by atoms with Gasteiger partial charge in [0.1, 0.15) is 0 Å². The summed E-state index contributed by atoms with van der Waals surface area (Å²) in [6.45, 7) is 1.78. The maximum Gasteiger partial charge on any atom is 0.0951 e. The Balaban J connectivity index is 1.74. The largest absolute Gasteiger partial charge is 0.341 e. The fourth-order valence-electron chi connectivity index (χ4n) is 3.12. The summed E-state index contributed by atoms with van der Waals surface area (Å²) in [5, 5.41) is 4.57. The van der Waals surface area contributed by atoms with E-state index in [0.29, 0.717) is 6.04 Å². The van der Waals surface area contributed by atoms with Crippen molar-refractivity contribution in [2.24, 2.45) is 0 Å². The number of fused-ring (bicyclic) bond motifs is 1. The molecule has 1 fully saturated rings. The van der Waals surface area contributed by atoms with Gasteiger partial charge in [0.25, 0.3) is 0 Å². The lowest BCUT2D eigenvalue weighted by atomic mass is 10.1. The van der Waals surface area contributed by atoms with Gasteiger partial charge in [-0.1, -0.05) is 18.2 Å². The van der Waals surface area contributed by atoms with Gasteiger partial charge in [0, 0.05) is 25.0 Å². The predicted octanol–water partition coefficient (Wildman–Crippen LogP) is 2.94. The number of nitrogens with zero attached hydrogens (tertiary/aromatic N) is 3. The van der Waals surface area contributed by atoms with Crippen molar-refractivity contribution in [3.8, 4) is 0 Å². The molecule has 2 heterocycles. The van der Waals surface area contributed by atoms with Crippen LogP contribution in [0.15, 0.2) is 43.0 Å². The average Bonchev–Trinajstić information content (AvgIpc) is 3.09. The highest BCUT2D eigenvalue weighted by Gasteiger charge is 2.25. The molecule has 0 radical (unpaired) electrons. The maximum atomic E-state index is 4.34. The van der Waals surface area contributed by atoms with Crippen LogP contribution >= 0.6 is 0 Å². The Morgan fingerprint density at radius 2 is 2.19 bits per heavy atom. The first-order valence-corrected chi connectivity index (χ1v) is 7.59. The van der Waals surface area contributed by atoms with Crippen LogP contribution in [0.25, 0.3) is 10.9 Å². The van der Waals surface area contributed by atoms with E-state index in [4.69, 9.17) is 0 Å². The predicted molar refractivity (Wildman–Crippen MR) is 84.3 cm³/mol. The number of hydrogen-bond donors (Lipinski definition) is 1. The molecule has 3 aromatic rings. The molecule has 0 bridgehead atoms. The molecule has 0 saturated heterocycles. The second-order valence-corrected chi connectivity index (χ2v) is 5.85. The summed E-state index contributed by atoms with van der Waals surface area (Å²) in [7, 11) is 1.99. The molecule has 1 aliphatic rings. The summed E-state index contributed by atoms with van der Waals surface area (Å²) in [5.41, 5.74) is 3.97. The minimum Gasteiger partial charge on any atom is -0.341 e. The molecular weight excluding hydrogens is 260 g/mol. The van der Waals surface area contributed by atoms with E-state index in [1.165, 1.54) is 35.0 Å². The molecule has 0 aliphatic heterocycles.